The number of ether oxygens (including phenoxy) is 1. The second kappa shape index (κ2) is 11.5. The van der Waals surface area contributed by atoms with Crippen molar-refractivity contribution in [1.29, 1.82) is 5.26 Å². The Hall–Kier alpha value is -4.86. The topological polar surface area (TPSA) is 133 Å². The number of rotatable bonds is 9. The zero-order valence-electron chi connectivity index (χ0n) is 25.2. The molecule has 0 radical (unpaired) electrons. The van der Waals surface area contributed by atoms with Gasteiger partial charge in [0, 0.05) is 31.2 Å². The monoisotopic (exact) mass is 629 g/mol. The Morgan fingerprint density at radius 2 is 1.87 bits per heavy atom. The molecule has 1 N–H and O–H groups in total. The molecule has 2 aromatic carbocycles. The summed E-state index contributed by atoms with van der Waals surface area (Å²) in [6, 6.07) is 10.6. The zero-order chi connectivity index (χ0) is 32.2. The maximum atomic E-state index is 14.4. The molecule has 2 aliphatic heterocycles. The van der Waals surface area contributed by atoms with E-state index in [1.807, 2.05) is 30.3 Å². The van der Waals surface area contributed by atoms with Crippen molar-refractivity contribution in [2.24, 2.45) is 11.8 Å². The molecule has 4 atom stereocenters. The number of carbonyl (C=O) groups excluding carboxylic acids is 3. The summed E-state index contributed by atoms with van der Waals surface area (Å²) >= 11 is 0. The van der Waals surface area contributed by atoms with E-state index in [4.69, 9.17) is 4.74 Å². The SMILES string of the molecule is CN(C(=O)[C@H](CC1CC1)n1cc(-c2ccccc2)nn1)[C@@H](CC1CC1)C(=O)N1C[C@@]2(C[C@H]1C#N)Oc1cc(F)cc(F)c1NC2=O. The Balaban J connectivity index is 1.15. The summed E-state index contributed by atoms with van der Waals surface area (Å²) in [5.74, 6) is -2.98. The van der Waals surface area contributed by atoms with E-state index in [1.54, 1.807) is 17.9 Å². The van der Waals surface area contributed by atoms with Gasteiger partial charge in [0.15, 0.2) is 11.6 Å². The van der Waals surface area contributed by atoms with Gasteiger partial charge in [0.25, 0.3) is 5.91 Å². The fourth-order valence-corrected chi connectivity index (χ4v) is 6.53. The summed E-state index contributed by atoms with van der Waals surface area (Å²) in [6.45, 7) is -0.314. The second-order valence-electron chi connectivity index (χ2n) is 12.9. The van der Waals surface area contributed by atoms with E-state index < -0.39 is 47.2 Å². The summed E-state index contributed by atoms with van der Waals surface area (Å²) in [5.41, 5.74) is -0.514. The summed E-state index contributed by atoms with van der Waals surface area (Å²) in [6.07, 6.45) is 6.38. The molecule has 0 unspecified atom stereocenters. The van der Waals surface area contributed by atoms with Crippen LogP contribution in [0.5, 0.6) is 5.75 Å². The number of aromatic nitrogens is 3. The molecule has 11 nitrogen and oxygen atoms in total. The number of likely N-dealkylation sites (tertiary alicyclic amines) is 1. The minimum Gasteiger partial charge on any atom is -0.473 e. The molecule has 1 saturated heterocycles. The van der Waals surface area contributed by atoms with E-state index in [0.717, 1.165) is 37.3 Å². The molecule has 1 spiro atoms. The highest BCUT2D eigenvalue weighted by Crippen LogP contribution is 2.43. The fraction of sp³-hybridized carbons (Fsp3) is 0.455. The minimum atomic E-state index is -1.72. The lowest BCUT2D eigenvalue weighted by Gasteiger charge is -2.36. The van der Waals surface area contributed by atoms with Gasteiger partial charge in [-0.3, -0.25) is 14.4 Å². The van der Waals surface area contributed by atoms with Gasteiger partial charge in [0.05, 0.1) is 18.8 Å². The predicted molar refractivity (Wildman–Crippen MR) is 160 cm³/mol. The molecule has 3 fully saturated rings. The van der Waals surface area contributed by atoms with E-state index in [0.29, 0.717) is 30.5 Å². The molecular formula is C33H33F2N7O4. The molecule has 0 bridgehead atoms. The number of nitriles is 1. The number of anilines is 1. The summed E-state index contributed by atoms with van der Waals surface area (Å²) in [4.78, 5) is 44.6. The van der Waals surface area contributed by atoms with Gasteiger partial charge in [-0.2, -0.15) is 5.26 Å². The Kier molecular flexibility index (Phi) is 7.45. The van der Waals surface area contributed by atoms with Crippen LogP contribution in [0.3, 0.4) is 0 Å². The number of nitrogens with zero attached hydrogens (tertiary/aromatic N) is 6. The smallest absolute Gasteiger partial charge is 0.270 e. The molecule has 13 heteroatoms. The highest BCUT2D eigenvalue weighted by atomic mass is 19.1. The molecule has 3 heterocycles. The van der Waals surface area contributed by atoms with Crippen LogP contribution in [0.25, 0.3) is 11.3 Å². The van der Waals surface area contributed by atoms with Crippen LogP contribution in [0, 0.1) is 34.8 Å². The van der Waals surface area contributed by atoms with Crippen LogP contribution >= 0.6 is 0 Å². The average Bonchev–Trinajstić information content (AvgIpc) is 3.97. The first kappa shape index (κ1) is 29.8. The third-order valence-electron chi connectivity index (χ3n) is 9.53. The third kappa shape index (κ3) is 5.57. The number of carbonyl (C=O) groups is 3. The second-order valence-corrected chi connectivity index (χ2v) is 12.9. The highest BCUT2D eigenvalue weighted by Gasteiger charge is 2.57. The molecule has 3 aromatic rings. The van der Waals surface area contributed by atoms with Crippen molar-refractivity contribution in [2.75, 3.05) is 18.9 Å². The number of nitrogens with one attached hydrogen (secondary N) is 1. The van der Waals surface area contributed by atoms with Crippen molar-refractivity contribution in [3.8, 4) is 23.1 Å². The van der Waals surface area contributed by atoms with E-state index >= 15 is 0 Å². The third-order valence-corrected chi connectivity index (χ3v) is 9.53. The first-order valence-corrected chi connectivity index (χ1v) is 15.6. The number of fused-ring (bicyclic) bond motifs is 1. The lowest BCUT2D eigenvalue weighted by Crippen LogP contribution is -2.56. The first-order valence-electron chi connectivity index (χ1n) is 15.6. The number of hydrogen-bond acceptors (Lipinski definition) is 7. The summed E-state index contributed by atoms with van der Waals surface area (Å²) in [5, 5.41) is 21.2. The van der Waals surface area contributed by atoms with Gasteiger partial charge < -0.3 is 19.9 Å². The van der Waals surface area contributed by atoms with Crippen LogP contribution in [-0.4, -0.2) is 73.8 Å². The summed E-state index contributed by atoms with van der Waals surface area (Å²) in [7, 11) is 1.60. The average molecular weight is 630 g/mol. The van der Waals surface area contributed by atoms with Gasteiger partial charge in [0.1, 0.15) is 35.3 Å². The van der Waals surface area contributed by atoms with Gasteiger partial charge >= 0.3 is 0 Å². The minimum absolute atomic E-state index is 0.196. The normalized spacial score (nSPS) is 23.2. The van der Waals surface area contributed by atoms with Gasteiger partial charge in [-0.25, -0.2) is 13.5 Å². The van der Waals surface area contributed by atoms with E-state index in [9.17, 15) is 28.4 Å². The molecule has 2 aliphatic carbocycles. The molecule has 4 aliphatic rings. The Morgan fingerprint density at radius 1 is 1.15 bits per heavy atom. The number of halogens is 2. The Morgan fingerprint density at radius 3 is 2.57 bits per heavy atom. The predicted octanol–water partition coefficient (Wildman–Crippen LogP) is 4.09. The summed E-state index contributed by atoms with van der Waals surface area (Å²) < 4.78 is 35.9. The van der Waals surface area contributed by atoms with Crippen molar-refractivity contribution in [3.63, 3.8) is 0 Å². The number of hydrogen-bond donors (Lipinski definition) is 1. The Bertz CT molecular complexity index is 1730. The molecule has 3 amide bonds. The van der Waals surface area contributed by atoms with Gasteiger partial charge in [0.2, 0.25) is 17.4 Å². The van der Waals surface area contributed by atoms with Crippen molar-refractivity contribution in [3.05, 3.63) is 60.3 Å². The van der Waals surface area contributed by atoms with Crippen LogP contribution in [0.1, 0.15) is 51.0 Å². The molecule has 46 heavy (non-hydrogen) atoms. The molecule has 7 rings (SSSR count). The molecule has 238 valence electrons. The van der Waals surface area contributed by atoms with E-state index in [1.165, 1.54) is 9.80 Å². The largest absolute Gasteiger partial charge is 0.473 e. The van der Waals surface area contributed by atoms with Crippen LogP contribution in [-0.2, 0) is 14.4 Å². The molecule has 1 aromatic heterocycles. The van der Waals surface area contributed by atoms with Gasteiger partial charge in [-0.15, -0.1) is 5.10 Å². The zero-order valence-corrected chi connectivity index (χ0v) is 25.2. The van der Waals surface area contributed by atoms with Crippen LogP contribution in [0.15, 0.2) is 48.7 Å². The van der Waals surface area contributed by atoms with Crippen LogP contribution < -0.4 is 10.1 Å². The molecule has 2 saturated carbocycles. The highest BCUT2D eigenvalue weighted by molar-refractivity contribution is 6.02. The van der Waals surface area contributed by atoms with Crippen molar-refractivity contribution in [2.45, 2.75) is 68.7 Å². The quantitative estimate of drug-likeness (QED) is 0.377. The standard InChI is InChI=1S/C33H33F2N7O4/c1-40(30(43)27(12-20-9-10-20)42-17-25(38-39-42)21-5-3-2-4-6-21)26(11-19-7-8-19)31(44)41-18-33(15-23(41)16-36)32(45)37-29-24(35)13-22(34)14-28(29)46-33/h2-6,13-14,17,19-20,23,26-27H,7-12,15,18H2,1H3,(H,37,45)/t23-,26-,27-,33+/m0/s1. The van der Waals surface area contributed by atoms with Gasteiger partial charge in [-0.05, 0) is 24.7 Å². The van der Waals surface area contributed by atoms with Crippen molar-refractivity contribution in [1.82, 2.24) is 24.8 Å². The van der Waals surface area contributed by atoms with E-state index in [2.05, 4.69) is 21.7 Å². The number of amides is 3. The van der Waals surface area contributed by atoms with Crippen LogP contribution in [0.4, 0.5) is 14.5 Å². The number of likely N-dealkylation sites (N-methyl/N-ethyl adjacent to an activating group) is 1. The number of benzene rings is 2. The van der Waals surface area contributed by atoms with Gasteiger partial charge in [-0.1, -0.05) is 61.2 Å². The molecular weight excluding hydrogens is 596 g/mol. The maximum Gasteiger partial charge on any atom is 0.270 e. The fourth-order valence-electron chi connectivity index (χ4n) is 6.53. The lowest BCUT2D eigenvalue weighted by atomic mass is 9.97. The van der Waals surface area contributed by atoms with Crippen molar-refractivity contribution < 1.29 is 27.9 Å². The van der Waals surface area contributed by atoms with Crippen molar-refractivity contribution >= 4 is 23.4 Å². The Labute approximate surface area is 264 Å². The lowest BCUT2D eigenvalue weighted by molar-refractivity contribution is -0.148. The van der Waals surface area contributed by atoms with E-state index in [-0.39, 0.29) is 36.2 Å². The van der Waals surface area contributed by atoms with Crippen LogP contribution in [0.2, 0.25) is 0 Å². The maximum absolute atomic E-state index is 14.4. The first-order chi connectivity index (χ1) is 22.2.